The lowest BCUT2D eigenvalue weighted by atomic mass is 9.67. The molecule has 3 N–H and O–H groups in total. The van der Waals surface area contributed by atoms with E-state index in [-0.39, 0.29) is 18.0 Å². The molecule has 1 aromatic rings. The first-order valence-corrected chi connectivity index (χ1v) is 7.31. The van der Waals surface area contributed by atoms with E-state index in [2.05, 4.69) is 36.5 Å². The van der Waals surface area contributed by atoms with E-state index >= 15 is 0 Å². The van der Waals surface area contributed by atoms with Gasteiger partial charge in [0.2, 0.25) is 0 Å². The van der Waals surface area contributed by atoms with Gasteiger partial charge in [0.05, 0.1) is 12.1 Å². The molecule has 0 radical (unpaired) electrons. The third kappa shape index (κ3) is 2.81. The van der Waals surface area contributed by atoms with Crippen molar-refractivity contribution in [3.8, 4) is 0 Å². The van der Waals surface area contributed by atoms with Gasteiger partial charge in [-0.25, -0.2) is 0 Å². The van der Waals surface area contributed by atoms with Gasteiger partial charge < -0.3 is 22.8 Å². The highest BCUT2D eigenvalue weighted by molar-refractivity contribution is 5.24. The first-order valence-electron chi connectivity index (χ1n) is 7.31. The molecule has 0 aromatic heterocycles. The lowest BCUT2D eigenvalue weighted by Gasteiger charge is -2.46. The zero-order valence-corrected chi connectivity index (χ0v) is 12.4. The fraction of sp³-hybridized carbons (Fsp3) is 0.625. The van der Waals surface area contributed by atoms with Crippen molar-refractivity contribution in [2.24, 2.45) is 5.92 Å². The lowest BCUT2D eigenvalue weighted by molar-refractivity contribution is -0.719. The molecule has 1 heterocycles. The molecule has 2 fully saturated rings. The van der Waals surface area contributed by atoms with Crippen LogP contribution in [0.15, 0.2) is 24.3 Å². The predicted octanol–water partition coefficient (Wildman–Crippen LogP) is -1.07. The molecule has 106 valence electrons. The van der Waals surface area contributed by atoms with E-state index in [1.807, 2.05) is 0 Å². The second-order valence-electron chi connectivity index (χ2n) is 6.17. The molecule has 1 saturated heterocycles. The average Bonchev–Trinajstić information content (AvgIpc) is 2.38. The topological polar surface area (TPSA) is 36.8 Å². The third-order valence-corrected chi connectivity index (χ3v) is 4.96. The average molecular weight is 282 g/mol. The minimum absolute atomic E-state index is 0. The Morgan fingerprint density at radius 2 is 1.89 bits per heavy atom. The van der Waals surface area contributed by atoms with Crippen LogP contribution < -0.4 is 17.7 Å². The molecule has 1 aliphatic heterocycles. The van der Waals surface area contributed by atoms with Gasteiger partial charge in [0.1, 0.15) is 6.04 Å². The zero-order chi connectivity index (χ0) is 12.6. The fourth-order valence-corrected chi connectivity index (χ4v) is 3.91. The van der Waals surface area contributed by atoms with Crippen molar-refractivity contribution in [2.75, 3.05) is 6.54 Å². The maximum atomic E-state index is 10.9. The van der Waals surface area contributed by atoms with Crippen molar-refractivity contribution in [2.45, 2.75) is 50.7 Å². The highest BCUT2D eigenvalue weighted by Crippen LogP contribution is 2.43. The number of hydrogen-bond donors (Lipinski definition) is 2. The number of piperidine rings is 1. The van der Waals surface area contributed by atoms with Gasteiger partial charge >= 0.3 is 0 Å². The van der Waals surface area contributed by atoms with Crippen LogP contribution in [0.4, 0.5) is 0 Å². The zero-order valence-electron chi connectivity index (χ0n) is 11.6. The summed E-state index contributed by atoms with van der Waals surface area (Å²) in [5.74, 6) is 0.447. The van der Waals surface area contributed by atoms with Crippen molar-refractivity contribution < 1.29 is 22.8 Å². The Balaban J connectivity index is 0.00000133. The maximum absolute atomic E-state index is 10.9. The van der Waals surface area contributed by atoms with Crippen LogP contribution in [0.1, 0.15) is 49.3 Å². The van der Waals surface area contributed by atoms with Crippen LogP contribution in [-0.4, -0.2) is 17.3 Å². The van der Waals surface area contributed by atoms with Crippen molar-refractivity contribution in [3.05, 3.63) is 35.4 Å². The van der Waals surface area contributed by atoms with E-state index in [9.17, 15) is 5.11 Å². The van der Waals surface area contributed by atoms with E-state index in [1.165, 1.54) is 30.4 Å². The number of nitrogens with two attached hydrogens (primary N) is 1. The summed E-state index contributed by atoms with van der Waals surface area (Å²) < 4.78 is 0. The van der Waals surface area contributed by atoms with Gasteiger partial charge in [-0.05, 0) is 19.8 Å². The summed E-state index contributed by atoms with van der Waals surface area (Å²) in [6, 6.07) is 9.34. The van der Waals surface area contributed by atoms with E-state index in [0.717, 1.165) is 19.4 Å². The molecule has 2 aliphatic rings. The summed E-state index contributed by atoms with van der Waals surface area (Å²) in [6.07, 6.45) is 5.65. The standard InChI is InChI=1S/C16H23NO.ClH/c1-12-5-7-13(8-6-12)15-14-4-2-3-9-16(14,18)10-11-17-15;/h5-8,14-15,17-18H,2-4,9-11H2,1H3;1H. The van der Waals surface area contributed by atoms with Crippen LogP contribution in [0.3, 0.4) is 0 Å². The number of benzene rings is 1. The van der Waals surface area contributed by atoms with Crippen LogP contribution in [0.5, 0.6) is 0 Å². The molecule has 1 aromatic carbocycles. The lowest BCUT2D eigenvalue weighted by Crippen LogP contribution is -3.00. The molecule has 0 spiro atoms. The van der Waals surface area contributed by atoms with Crippen LogP contribution in [0, 0.1) is 12.8 Å². The monoisotopic (exact) mass is 281 g/mol. The predicted molar refractivity (Wildman–Crippen MR) is 72.2 cm³/mol. The summed E-state index contributed by atoms with van der Waals surface area (Å²) in [5.41, 5.74) is 2.32. The molecular weight excluding hydrogens is 258 g/mol. The van der Waals surface area contributed by atoms with Gasteiger partial charge in [-0.15, -0.1) is 0 Å². The molecule has 2 nitrogen and oxygen atoms in total. The second-order valence-corrected chi connectivity index (χ2v) is 6.17. The Hall–Kier alpha value is -0.570. The van der Waals surface area contributed by atoms with Crippen molar-refractivity contribution >= 4 is 0 Å². The number of halogens is 1. The molecule has 3 rings (SSSR count). The highest BCUT2D eigenvalue weighted by Gasteiger charge is 2.48. The summed E-state index contributed by atoms with van der Waals surface area (Å²) in [6.45, 7) is 3.19. The van der Waals surface area contributed by atoms with E-state index in [1.54, 1.807) is 0 Å². The van der Waals surface area contributed by atoms with E-state index in [4.69, 9.17) is 0 Å². The maximum Gasteiger partial charge on any atom is 0.117 e. The van der Waals surface area contributed by atoms with Gasteiger partial charge in [0, 0.05) is 17.9 Å². The Labute approximate surface area is 122 Å². The minimum Gasteiger partial charge on any atom is -1.00 e. The Morgan fingerprint density at radius 3 is 2.63 bits per heavy atom. The summed E-state index contributed by atoms with van der Waals surface area (Å²) in [7, 11) is 0. The fourth-order valence-electron chi connectivity index (χ4n) is 3.91. The van der Waals surface area contributed by atoms with Gasteiger partial charge in [0.25, 0.3) is 0 Å². The van der Waals surface area contributed by atoms with Crippen LogP contribution in [-0.2, 0) is 0 Å². The van der Waals surface area contributed by atoms with Crippen LogP contribution >= 0.6 is 0 Å². The number of fused-ring (bicyclic) bond motifs is 1. The van der Waals surface area contributed by atoms with Gasteiger partial charge in [-0.1, -0.05) is 42.7 Å². The summed E-state index contributed by atoms with van der Waals surface area (Å²) in [4.78, 5) is 0. The van der Waals surface area contributed by atoms with Gasteiger partial charge in [-0.3, -0.25) is 0 Å². The van der Waals surface area contributed by atoms with E-state index in [0.29, 0.717) is 12.0 Å². The quantitative estimate of drug-likeness (QED) is 0.676. The van der Waals surface area contributed by atoms with Gasteiger partial charge in [0.15, 0.2) is 0 Å². The SMILES string of the molecule is Cc1ccc(C2[NH2+]CCC3(O)CCCCC23)cc1.[Cl-]. The molecular formula is C16H24ClNO. The molecule has 19 heavy (non-hydrogen) atoms. The Morgan fingerprint density at radius 1 is 1.16 bits per heavy atom. The molecule has 1 aliphatic carbocycles. The molecule has 3 atom stereocenters. The molecule has 1 saturated carbocycles. The molecule has 3 unspecified atom stereocenters. The summed E-state index contributed by atoms with van der Waals surface area (Å²) >= 11 is 0. The number of rotatable bonds is 1. The van der Waals surface area contributed by atoms with E-state index < -0.39 is 0 Å². The number of hydrogen-bond acceptors (Lipinski definition) is 1. The van der Waals surface area contributed by atoms with Crippen molar-refractivity contribution in [1.29, 1.82) is 0 Å². The van der Waals surface area contributed by atoms with Crippen molar-refractivity contribution in [3.63, 3.8) is 0 Å². The summed E-state index contributed by atoms with van der Waals surface area (Å²) in [5, 5.41) is 13.3. The first-order chi connectivity index (χ1) is 8.69. The normalized spacial score (nSPS) is 34.2. The highest BCUT2D eigenvalue weighted by atomic mass is 35.5. The molecule has 3 heteroatoms. The number of quaternary nitrogens is 1. The number of aliphatic hydroxyl groups is 1. The smallest absolute Gasteiger partial charge is 0.117 e. The minimum atomic E-state index is -0.386. The van der Waals surface area contributed by atoms with Crippen LogP contribution in [0.25, 0.3) is 0 Å². The van der Waals surface area contributed by atoms with Gasteiger partial charge in [-0.2, -0.15) is 0 Å². The molecule has 0 amide bonds. The third-order valence-electron chi connectivity index (χ3n) is 4.96. The first kappa shape index (κ1) is 14.8. The van der Waals surface area contributed by atoms with Crippen LogP contribution in [0.2, 0.25) is 0 Å². The number of aryl methyl sites for hydroxylation is 1. The molecule has 0 bridgehead atoms. The Kier molecular flexibility index (Phi) is 4.54. The van der Waals surface area contributed by atoms with Crippen molar-refractivity contribution in [1.82, 2.24) is 0 Å². The second kappa shape index (κ2) is 5.82. The Bertz CT molecular complexity index is 415. The largest absolute Gasteiger partial charge is 1.00 e.